The highest BCUT2D eigenvalue weighted by Crippen LogP contribution is 2.26. The first-order chi connectivity index (χ1) is 14.8. The summed E-state index contributed by atoms with van der Waals surface area (Å²) in [6.07, 6.45) is 1.71. The minimum atomic E-state index is -0.818. The van der Waals surface area contributed by atoms with Crippen LogP contribution in [0.25, 0.3) is 0 Å². The second kappa shape index (κ2) is 12.1. The molecule has 0 aliphatic heterocycles. The van der Waals surface area contributed by atoms with Crippen LogP contribution in [0.5, 0.6) is 0 Å². The summed E-state index contributed by atoms with van der Waals surface area (Å²) < 4.78 is 5.35. The van der Waals surface area contributed by atoms with Crippen molar-refractivity contribution in [3.05, 3.63) is 34.9 Å². The summed E-state index contributed by atoms with van der Waals surface area (Å²) in [7, 11) is 1.61. The van der Waals surface area contributed by atoms with Crippen molar-refractivity contribution in [3.8, 4) is 0 Å². The Hall–Kier alpha value is -2.22. The third-order valence-electron chi connectivity index (χ3n) is 4.96. The molecule has 0 heterocycles. The van der Waals surface area contributed by atoms with Gasteiger partial charge in [-0.3, -0.25) is 9.59 Å². The van der Waals surface area contributed by atoms with E-state index in [-0.39, 0.29) is 17.9 Å². The van der Waals surface area contributed by atoms with Crippen LogP contribution in [-0.4, -0.2) is 59.5 Å². The molecule has 180 valence electrons. The third-order valence-corrected chi connectivity index (χ3v) is 5.60. The Bertz CT molecular complexity index is 805. The maximum atomic E-state index is 13.5. The number of ether oxygens (including phenoxy) is 1. The van der Waals surface area contributed by atoms with Crippen LogP contribution in [0.3, 0.4) is 0 Å². The quantitative estimate of drug-likeness (QED) is 0.576. The molecule has 0 aliphatic carbocycles. The maximum absolute atomic E-state index is 13.5. The van der Waals surface area contributed by atoms with Gasteiger partial charge >= 0.3 is 6.09 Å². The molecule has 2 atom stereocenters. The molecule has 0 aliphatic rings. The summed E-state index contributed by atoms with van der Waals surface area (Å²) in [6, 6.07) is 4.03. The number of carbonyl (C=O) groups is 3. The van der Waals surface area contributed by atoms with Gasteiger partial charge in [0.05, 0.1) is 0 Å². The van der Waals surface area contributed by atoms with Gasteiger partial charge in [-0.15, -0.1) is 0 Å². The van der Waals surface area contributed by atoms with E-state index in [1.807, 2.05) is 52.1 Å². The first-order valence-corrected chi connectivity index (χ1v) is 12.3. The number of thioether (sulfide) groups is 1. The van der Waals surface area contributed by atoms with Crippen LogP contribution in [0.15, 0.2) is 18.2 Å². The number of amides is 3. The number of rotatable bonds is 9. The lowest BCUT2D eigenvalue weighted by Crippen LogP contribution is -2.52. The van der Waals surface area contributed by atoms with Gasteiger partial charge in [0.15, 0.2) is 0 Å². The van der Waals surface area contributed by atoms with E-state index in [4.69, 9.17) is 4.74 Å². The van der Waals surface area contributed by atoms with Gasteiger partial charge in [0.1, 0.15) is 17.7 Å². The van der Waals surface area contributed by atoms with E-state index >= 15 is 0 Å². The molecule has 0 fully saturated rings. The van der Waals surface area contributed by atoms with Crippen LogP contribution in [0.1, 0.15) is 63.8 Å². The average molecular weight is 466 g/mol. The van der Waals surface area contributed by atoms with Crippen LogP contribution in [0.4, 0.5) is 4.79 Å². The number of hydrogen-bond acceptors (Lipinski definition) is 5. The zero-order valence-corrected chi connectivity index (χ0v) is 21.7. The molecule has 0 bridgehead atoms. The van der Waals surface area contributed by atoms with Crippen LogP contribution in [0, 0.1) is 13.8 Å². The Morgan fingerprint density at radius 2 is 1.75 bits per heavy atom. The van der Waals surface area contributed by atoms with E-state index in [9.17, 15) is 14.4 Å². The molecular weight excluding hydrogens is 426 g/mol. The number of nitrogens with one attached hydrogen (secondary N) is 2. The molecule has 8 heteroatoms. The summed E-state index contributed by atoms with van der Waals surface area (Å²) in [5, 5.41) is 5.63. The highest BCUT2D eigenvalue weighted by atomic mass is 32.2. The van der Waals surface area contributed by atoms with Crippen molar-refractivity contribution < 1.29 is 19.1 Å². The van der Waals surface area contributed by atoms with Crippen molar-refractivity contribution in [3.63, 3.8) is 0 Å². The molecule has 2 unspecified atom stereocenters. The summed E-state index contributed by atoms with van der Waals surface area (Å²) in [6.45, 7) is 13.0. The third kappa shape index (κ3) is 8.37. The molecule has 1 rings (SSSR count). The SMILES string of the molecule is CSCCC(NC(=O)OC(C)(C)C)C(=O)N(C)C(C(=O)NC(C)C)c1cccc(C)c1C. The van der Waals surface area contributed by atoms with Gasteiger partial charge in [0, 0.05) is 13.1 Å². The Labute approximate surface area is 197 Å². The normalized spacial score (nSPS) is 13.3. The summed E-state index contributed by atoms with van der Waals surface area (Å²) >= 11 is 1.58. The average Bonchev–Trinajstić information content (AvgIpc) is 2.65. The summed E-state index contributed by atoms with van der Waals surface area (Å²) in [5.41, 5.74) is 2.08. The lowest BCUT2D eigenvalue weighted by atomic mass is 9.95. The molecule has 7 nitrogen and oxygen atoms in total. The Morgan fingerprint density at radius 3 is 2.28 bits per heavy atom. The minimum Gasteiger partial charge on any atom is -0.444 e. The summed E-state index contributed by atoms with van der Waals surface area (Å²) in [4.78, 5) is 40.5. The van der Waals surface area contributed by atoms with Crippen molar-refractivity contribution in [2.24, 2.45) is 0 Å². The molecule has 1 aromatic carbocycles. The first-order valence-electron chi connectivity index (χ1n) is 10.9. The van der Waals surface area contributed by atoms with Gasteiger partial charge in [-0.1, -0.05) is 18.2 Å². The highest BCUT2D eigenvalue weighted by molar-refractivity contribution is 7.98. The molecule has 1 aromatic rings. The zero-order chi connectivity index (χ0) is 24.6. The van der Waals surface area contributed by atoms with E-state index in [1.54, 1.807) is 39.6 Å². The van der Waals surface area contributed by atoms with Crippen molar-refractivity contribution in [2.75, 3.05) is 19.1 Å². The monoisotopic (exact) mass is 465 g/mol. The fourth-order valence-corrected chi connectivity index (χ4v) is 3.75. The van der Waals surface area contributed by atoms with Gasteiger partial charge in [0.2, 0.25) is 11.8 Å². The lowest BCUT2D eigenvalue weighted by Gasteiger charge is -2.33. The predicted octanol–water partition coefficient (Wildman–Crippen LogP) is 3.97. The maximum Gasteiger partial charge on any atom is 0.408 e. The molecule has 0 saturated heterocycles. The number of likely N-dealkylation sites (N-methyl/N-ethyl adjacent to an activating group) is 1. The van der Waals surface area contributed by atoms with E-state index in [0.29, 0.717) is 12.2 Å². The largest absolute Gasteiger partial charge is 0.444 e. The van der Waals surface area contributed by atoms with Gasteiger partial charge in [-0.2, -0.15) is 11.8 Å². The van der Waals surface area contributed by atoms with E-state index < -0.39 is 23.8 Å². The molecule has 0 spiro atoms. The predicted molar refractivity (Wildman–Crippen MR) is 131 cm³/mol. The van der Waals surface area contributed by atoms with Crippen molar-refractivity contribution in [1.29, 1.82) is 0 Å². The van der Waals surface area contributed by atoms with Crippen LogP contribution in [0.2, 0.25) is 0 Å². The topological polar surface area (TPSA) is 87.7 Å². The van der Waals surface area contributed by atoms with E-state index in [0.717, 1.165) is 16.7 Å². The van der Waals surface area contributed by atoms with Gasteiger partial charge in [-0.25, -0.2) is 4.79 Å². The minimum absolute atomic E-state index is 0.0780. The number of benzene rings is 1. The number of hydrogen-bond donors (Lipinski definition) is 2. The second-order valence-corrected chi connectivity index (χ2v) is 10.3. The molecule has 0 saturated carbocycles. The first kappa shape index (κ1) is 27.8. The molecule has 0 aromatic heterocycles. The summed E-state index contributed by atoms with van der Waals surface area (Å²) in [5.74, 6) is 0.0759. The van der Waals surface area contributed by atoms with Crippen molar-refractivity contribution in [2.45, 2.75) is 78.6 Å². The fourth-order valence-electron chi connectivity index (χ4n) is 3.28. The van der Waals surface area contributed by atoms with Crippen LogP contribution in [-0.2, 0) is 14.3 Å². The van der Waals surface area contributed by atoms with Gasteiger partial charge in [-0.05, 0) is 83.6 Å². The number of carbonyl (C=O) groups excluding carboxylic acids is 3. The number of aryl methyl sites for hydroxylation is 1. The molecule has 32 heavy (non-hydrogen) atoms. The van der Waals surface area contributed by atoms with Gasteiger partial charge < -0.3 is 20.3 Å². The fraction of sp³-hybridized carbons (Fsp3) is 0.625. The van der Waals surface area contributed by atoms with Crippen LogP contribution >= 0.6 is 11.8 Å². The van der Waals surface area contributed by atoms with Crippen molar-refractivity contribution >= 4 is 29.7 Å². The molecule has 0 radical (unpaired) electrons. The second-order valence-electron chi connectivity index (χ2n) is 9.28. The van der Waals surface area contributed by atoms with Crippen LogP contribution < -0.4 is 10.6 Å². The zero-order valence-electron chi connectivity index (χ0n) is 20.9. The molecule has 3 amide bonds. The van der Waals surface area contributed by atoms with Crippen molar-refractivity contribution in [1.82, 2.24) is 15.5 Å². The standard InChI is InChI=1S/C24H39N3O4S/c1-15(2)25-21(28)20(18-12-10-11-16(3)17(18)4)27(8)22(29)19(13-14-32-9)26-23(30)31-24(5,6)7/h10-12,15,19-20H,13-14H2,1-9H3,(H,25,28)(H,26,30). The smallest absolute Gasteiger partial charge is 0.408 e. The Balaban J connectivity index is 3.29. The highest BCUT2D eigenvalue weighted by Gasteiger charge is 2.34. The Kier molecular flexibility index (Phi) is 10.5. The van der Waals surface area contributed by atoms with E-state index in [1.165, 1.54) is 4.90 Å². The Morgan fingerprint density at radius 1 is 1.12 bits per heavy atom. The molecular formula is C24H39N3O4S. The van der Waals surface area contributed by atoms with E-state index in [2.05, 4.69) is 10.6 Å². The lowest BCUT2D eigenvalue weighted by molar-refractivity contribution is -0.141. The number of alkyl carbamates (subject to hydrolysis) is 1. The molecule has 2 N–H and O–H groups in total. The number of nitrogens with zero attached hydrogens (tertiary/aromatic N) is 1. The van der Waals surface area contributed by atoms with Gasteiger partial charge in [0.25, 0.3) is 0 Å².